The molecule has 7 heteroatoms. The summed E-state index contributed by atoms with van der Waals surface area (Å²) >= 11 is 0. The van der Waals surface area contributed by atoms with Gasteiger partial charge in [-0.05, 0) is 26.8 Å². The fourth-order valence-electron chi connectivity index (χ4n) is 2.68. The number of hydrogen-bond acceptors (Lipinski definition) is 5. The third kappa shape index (κ3) is 2.94. The number of anilines is 1. The van der Waals surface area contributed by atoms with E-state index in [0.29, 0.717) is 28.2 Å². The van der Waals surface area contributed by atoms with E-state index in [2.05, 4.69) is 21.4 Å². The maximum absolute atomic E-state index is 12.2. The second kappa shape index (κ2) is 5.98. The molecule has 7 nitrogen and oxygen atoms in total. The number of hydrogen-bond donors (Lipinski definition) is 2. The van der Waals surface area contributed by atoms with E-state index >= 15 is 0 Å². The minimum Gasteiger partial charge on any atom is -0.465 e. The Hall–Kier alpha value is -3.27. The minimum atomic E-state index is -0.421. The van der Waals surface area contributed by atoms with Crippen molar-refractivity contribution in [2.24, 2.45) is 0 Å². The van der Waals surface area contributed by atoms with Crippen molar-refractivity contribution >= 4 is 17.4 Å². The van der Waals surface area contributed by atoms with Crippen molar-refractivity contribution in [3.8, 4) is 17.3 Å². The van der Waals surface area contributed by atoms with Gasteiger partial charge in [0.15, 0.2) is 11.3 Å². The highest BCUT2D eigenvalue weighted by molar-refractivity contribution is 5.98. The zero-order chi connectivity index (χ0) is 18.2. The highest BCUT2D eigenvalue weighted by Crippen LogP contribution is 2.33. The summed E-state index contributed by atoms with van der Waals surface area (Å²) in [5.41, 5.74) is 2.46. The lowest BCUT2D eigenvalue weighted by atomic mass is 10.0. The van der Waals surface area contributed by atoms with Gasteiger partial charge in [-0.2, -0.15) is 5.26 Å². The molecule has 0 radical (unpaired) electrons. The van der Waals surface area contributed by atoms with Crippen molar-refractivity contribution in [3.63, 3.8) is 0 Å². The van der Waals surface area contributed by atoms with Crippen LogP contribution in [-0.2, 0) is 4.74 Å². The number of ether oxygens (including phenoxy) is 1. The first kappa shape index (κ1) is 16.6. The van der Waals surface area contributed by atoms with Gasteiger partial charge in [-0.1, -0.05) is 18.2 Å². The molecule has 0 fully saturated rings. The summed E-state index contributed by atoms with van der Waals surface area (Å²) < 4.78 is 6.68. The van der Waals surface area contributed by atoms with Crippen LogP contribution in [0.4, 0.5) is 5.82 Å². The monoisotopic (exact) mass is 337 g/mol. The van der Waals surface area contributed by atoms with Crippen LogP contribution in [0.1, 0.15) is 36.8 Å². The van der Waals surface area contributed by atoms with Crippen LogP contribution in [0.5, 0.6) is 0 Å². The maximum Gasteiger partial charge on any atom is 0.338 e. The van der Waals surface area contributed by atoms with E-state index < -0.39 is 5.97 Å². The van der Waals surface area contributed by atoms with E-state index in [-0.39, 0.29) is 5.54 Å². The lowest BCUT2D eigenvalue weighted by Gasteiger charge is -2.22. The summed E-state index contributed by atoms with van der Waals surface area (Å²) in [4.78, 5) is 19.5. The average molecular weight is 337 g/mol. The number of nitrogens with zero attached hydrogens (tertiary/aromatic N) is 3. The van der Waals surface area contributed by atoms with Crippen LogP contribution >= 0.6 is 0 Å². The zero-order valence-corrected chi connectivity index (χ0v) is 14.5. The molecule has 0 aliphatic heterocycles. The Morgan fingerprint density at radius 3 is 2.72 bits per heavy atom. The highest BCUT2D eigenvalue weighted by atomic mass is 16.5. The average Bonchev–Trinajstić information content (AvgIpc) is 3.13. The van der Waals surface area contributed by atoms with Crippen LogP contribution in [0.3, 0.4) is 0 Å². The summed E-state index contributed by atoms with van der Waals surface area (Å²) in [6.45, 7) is 6.10. The molecule has 0 saturated heterocycles. The van der Waals surface area contributed by atoms with Gasteiger partial charge in [0.1, 0.15) is 18.2 Å². The minimum absolute atomic E-state index is 0.235. The molecule has 0 bridgehead atoms. The van der Waals surface area contributed by atoms with Crippen LogP contribution in [0.25, 0.3) is 16.9 Å². The molecule has 0 unspecified atom stereocenters. The first-order chi connectivity index (χ1) is 11.9. The SMILES string of the molecule is COC(=O)c1ccccc1-c1[nH]c2c(C#N)ncn2c1NC(C)(C)C. The van der Waals surface area contributed by atoms with Gasteiger partial charge in [-0.3, -0.25) is 4.40 Å². The molecule has 128 valence electrons. The lowest BCUT2D eigenvalue weighted by molar-refractivity contribution is 0.0601. The second-order valence-corrected chi connectivity index (χ2v) is 6.68. The van der Waals surface area contributed by atoms with Crippen molar-refractivity contribution in [1.82, 2.24) is 14.4 Å². The van der Waals surface area contributed by atoms with Crippen LogP contribution in [-0.4, -0.2) is 33.0 Å². The van der Waals surface area contributed by atoms with Gasteiger partial charge >= 0.3 is 5.97 Å². The smallest absolute Gasteiger partial charge is 0.338 e. The van der Waals surface area contributed by atoms with Crippen molar-refractivity contribution < 1.29 is 9.53 Å². The number of carbonyl (C=O) groups is 1. The van der Waals surface area contributed by atoms with Crippen molar-refractivity contribution in [3.05, 3.63) is 41.9 Å². The molecule has 0 amide bonds. The van der Waals surface area contributed by atoms with Crippen molar-refractivity contribution in [1.29, 1.82) is 5.26 Å². The molecule has 0 atom stereocenters. The number of rotatable bonds is 3. The topological polar surface area (TPSA) is 95.2 Å². The van der Waals surface area contributed by atoms with Crippen LogP contribution < -0.4 is 5.32 Å². The normalized spacial score (nSPS) is 11.3. The van der Waals surface area contributed by atoms with Crippen LogP contribution in [0.2, 0.25) is 0 Å². The molecule has 0 aliphatic rings. The summed E-state index contributed by atoms with van der Waals surface area (Å²) in [7, 11) is 1.35. The van der Waals surface area contributed by atoms with E-state index in [4.69, 9.17) is 4.74 Å². The zero-order valence-electron chi connectivity index (χ0n) is 14.5. The fourth-order valence-corrected chi connectivity index (χ4v) is 2.68. The first-order valence-corrected chi connectivity index (χ1v) is 7.80. The van der Waals surface area contributed by atoms with E-state index in [9.17, 15) is 10.1 Å². The number of nitrogens with one attached hydrogen (secondary N) is 2. The van der Waals surface area contributed by atoms with Gasteiger partial charge in [0.25, 0.3) is 0 Å². The van der Waals surface area contributed by atoms with E-state index in [1.54, 1.807) is 22.9 Å². The Morgan fingerprint density at radius 1 is 1.36 bits per heavy atom. The molecule has 3 rings (SSSR count). The fraction of sp³-hybridized carbons (Fsp3) is 0.278. The third-order valence-electron chi connectivity index (χ3n) is 3.69. The summed E-state index contributed by atoms with van der Waals surface area (Å²) in [5, 5.41) is 12.7. The van der Waals surface area contributed by atoms with E-state index in [0.717, 1.165) is 5.82 Å². The molecular weight excluding hydrogens is 318 g/mol. The predicted molar refractivity (Wildman–Crippen MR) is 94.4 cm³/mol. The van der Waals surface area contributed by atoms with E-state index in [1.807, 2.05) is 32.9 Å². The molecule has 25 heavy (non-hydrogen) atoms. The Labute approximate surface area is 145 Å². The Kier molecular flexibility index (Phi) is 3.97. The van der Waals surface area contributed by atoms with Gasteiger partial charge in [-0.25, -0.2) is 9.78 Å². The van der Waals surface area contributed by atoms with Crippen LogP contribution in [0, 0.1) is 11.3 Å². The van der Waals surface area contributed by atoms with Gasteiger partial charge < -0.3 is 15.0 Å². The van der Waals surface area contributed by atoms with Gasteiger partial charge in [0, 0.05) is 11.1 Å². The number of nitriles is 1. The predicted octanol–water partition coefficient (Wildman–Crippen LogP) is 3.20. The molecule has 1 aromatic carbocycles. The Morgan fingerprint density at radius 2 is 2.08 bits per heavy atom. The molecule has 3 aromatic rings. The Bertz CT molecular complexity index is 985. The number of aromatic nitrogens is 3. The highest BCUT2D eigenvalue weighted by Gasteiger charge is 2.23. The number of benzene rings is 1. The molecule has 0 aliphatic carbocycles. The van der Waals surface area contributed by atoms with Crippen molar-refractivity contribution in [2.45, 2.75) is 26.3 Å². The number of H-pyrrole nitrogens is 1. The number of fused-ring (bicyclic) bond motifs is 1. The lowest BCUT2D eigenvalue weighted by Crippen LogP contribution is -2.27. The van der Waals surface area contributed by atoms with Crippen LogP contribution in [0.15, 0.2) is 30.6 Å². The standard InChI is InChI=1S/C18H19N5O2/c1-18(2,3)22-16-14(21-15-13(9-19)20-10-23(15)16)11-7-5-6-8-12(11)17(24)25-4/h5-8,10,21-22H,1-4H3. The summed E-state index contributed by atoms with van der Waals surface area (Å²) in [6, 6.07) is 9.25. The van der Waals surface area contributed by atoms with Gasteiger partial charge in [0.2, 0.25) is 0 Å². The number of esters is 1. The summed E-state index contributed by atoms with van der Waals surface area (Å²) in [6.07, 6.45) is 1.59. The first-order valence-electron chi connectivity index (χ1n) is 7.80. The molecule has 2 aromatic heterocycles. The maximum atomic E-state index is 12.2. The largest absolute Gasteiger partial charge is 0.465 e. The molecule has 0 saturated carbocycles. The van der Waals surface area contributed by atoms with E-state index in [1.165, 1.54) is 7.11 Å². The summed E-state index contributed by atoms with van der Waals surface area (Å²) in [5.74, 6) is 0.308. The van der Waals surface area contributed by atoms with Crippen molar-refractivity contribution in [2.75, 3.05) is 12.4 Å². The molecule has 0 spiro atoms. The molecule has 2 N–H and O–H groups in total. The number of imidazole rings is 2. The third-order valence-corrected chi connectivity index (χ3v) is 3.69. The second-order valence-electron chi connectivity index (χ2n) is 6.68. The number of aromatic amines is 1. The number of carbonyl (C=O) groups excluding carboxylic acids is 1. The Balaban J connectivity index is 2.30. The number of methoxy groups -OCH3 is 1. The van der Waals surface area contributed by atoms with Gasteiger partial charge in [-0.15, -0.1) is 0 Å². The van der Waals surface area contributed by atoms with Gasteiger partial charge in [0.05, 0.1) is 18.4 Å². The molecule has 2 heterocycles. The quantitative estimate of drug-likeness (QED) is 0.716. The molecular formula is C18H19N5O2.